The van der Waals surface area contributed by atoms with Gasteiger partial charge in [-0.05, 0) is 19.5 Å². The van der Waals surface area contributed by atoms with Crippen molar-refractivity contribution in [3.8, 4) is 0 Å². The maximum absolute atomic E-state index is 13.2. The van der Waals surface area contributed by atoms with Crippen LogP contribution in [0.25, 0.3) is 0 Å². The highest BCUT2D eigenvalue weighted by Gasteiger charge is 2.05. The van der Waals surface area contributed by atoms with E-state index in [4.69, 9.17) is 0 Å². The van der Waals surface area contributed by atoms with E-state index in [0.29, 0.717) is 13.0 Å². The number of hydrogen-bond donors (Lipinski definition) is 1. The number of aryl methyl sites for hydroxylation is 1. The average Bonchev–Trinajstić information content (AvgIpc) is 2.04. The molecule has 0 saturated heterocycles. The van der Waals surface area contributed by atoms with Gasteiger partial charge in [0.05, 0.1) is 0 Å². The highest BCUT2D eigenvalue weighted by Crippen LogP contribution is 2.08. The van der Waals surface area contributed by atoms with Gasteiger partial charge in [-0.3, -0.25) is 0 Å². The van der Waals surface area contributed by atoms with Crippen molar-refractivity contribution in [1.82, 2.24) is 5.32 Å². The smallest absolute Gasteiger partial charge is 0.116 e. The van der Waals surface area contributed by atoms with E-state index in [0.717, 1.165) is 5.56 Å². The van der Waals surface area contributed by atoms with Gasteiger partial charge < -0.3 is 5.32 Å². The molecule has 0 radical (unpaired) electrons. The second kappa shape index (κ2) is 6.80. The first-order valence-corrected chi connectivity index (χ1v) is 4.56. The van der Waals surface area contributed by atoms with Crippen LogP contribution in [-0.4, -0.2) is 19.8 Å². The van der Waals surface area contributed by atoms with Crippen LogP contribution in [0.4, 0.5) is 4.39 Å². The minimum atomic E-state index is -0.785. The molecule has 0 spiro atoms. The Hall–Kier alpha value is -0.600. The standard InChI is InChI=1S/C11H16FN.ClH/c1-9-4-3-5-10(6-9)7-11(12)8-13-2;/h3-6,11,13H,7-8H2,1-2H3;1H. The Kier molecular flexibility index (Phi) is 6.50. The molecule has 0 aromatic heterocycles. The number of nitrogens with one attached hydrogen (secondary N) is 1. The Labute approximate surface area is 91.1 Å². The van der Waals surface area contributed by atoms with Crippen LogP contribution in [0, 0.1) is 6.92 Å². The lowest BCUT2D eigenvalue weighted by molar-refractivity contribution is 0.324. The minimum absolute atomic E-state index is 0. The first-order valence-electron chi connectivity index (χ1n) is 4.56. The van der Waals surface area contributed by atoms with E-state index in [2.05, 4.69) is 5.32 Å². The topological polar surface area (TPSA) is 12.0 Å². The first-order chi connectivity index (χ1) is 6.22. The van der Waals surface area contributed by atoms with Gasteiger partial charge in [-0.25, -0.2) is 4.39 Å². The molecule has 1 atom stereocenters. The summed E-state index contributed by atoms with van der Waals surface area (Å²) in [7, 11) is 1.77. The molecule has 0 fully saturated rings. The van der Waals surface area contributed by atoms with E-state index in [9.17, 15) is 4.39 Å². The summed E-state index contributed by atoms with van der Waals surface area (Å²) in [6.07, 6.45) is -0.283. The molecule has 0 saturated carbocycles. The molecule has 1 unspecified atom stereocenters. The van der Waals surface area contributed by atoms with Gasteiger partial charge in [0.2, 0.25) is 0 Å². The van der Waals surface area contributed by atoms with Crippen molar-refractivity contribution in [2.45, 2.75) is 19.5 Å². The third-order valence-corrected chi connectivity index (χ3v) is 1.97. The van der Waals surface area contributed by atoms with Crippen LogP contribution in [0.15, 0.2) is 24.3 Å². The van der Waals surface area contributed by atoms with E-state index in [-0.39, 0.29) is 12.4 Å². The Morgan fingerprint density at radius 3 is 2.71 bits per heavy atom. The number of alkyl halides is 1. The van der Waals surface area contributed by atoms with Gasteiger partial charge in [-0.1, -0.05) is 29.8 Å². The molecule has 1 nitrogen and oxygen atoms in total. The molecule has 14 heavy (non-hydrogen) atoms. The second-order valence-corrected chi connectivity index (χ2v) is 3.35. The lowest BCUT2D eigenvalue weighted by Gasteiger charge is -2.07. The molecule has 3 heteroatoms. The normalized spacial score (nSPS) is 11.9. The summed E-state index contributed by atoms with van der Waals surface area (Å²) >= 11 is 0. The van der Waals surface area contributed by atoms with Crippen LogP contribution >= 0.6 is 12.4 Å². The van der Waals surface area contributed by atoms with Gasteiger partial charge in [-0.15, -0.1) is 12.4 Å². The fourth-order valence-electron chi connectivity index (χ4n) is 1.39. The number of hydrogen-bond acceptors (Lipinski definition) is 1. The Bertz CT molecular complexity index is 265. The predicted octanol–water partition coefficient (Wildman–Crippen LogP) is 2.52. The molecular weight excluding hydrogens is 201 g/mol. The third-order valence-electron chi connectivity index (χ3n) is 1.97. The Morgan fingerprint density at radius 1 is 1.43 bits per heavy atom. The van der Waals surface area contributed by atoms with Gasteiger partial charge in [0, 0.05) is 13.0 Å². The molecule has 1 aromatic carbocycles. The van der Waals surface area contributed by atoms with E-state index >= 15 is 0 Å². The van der Waals surface area contributed by atoms with Crippen molar-refractivity contribution in [1.29, 1.82) is 0 Å². The van der Waals surface area contributed by atoms with E-state index in [1.165, 1.54) is 5.56 Å². The highest BCUT2D eigenvalue weighted by molar-refractivity contribution is 5.85. The molecule has 0 aliphatic carbocycles. The zero-order chi connectivity index (χ0) is 9.68. The van der Waals surface area contributed by atoms with Gasteiger partial charge in [0.1, 0.15) is 6.17 Å². The highest BCUT2D eigenvalue weighted by atomic mass is 35.5. The summed E-state index contributed by atoms with van der Waals surface area (Å²) in [6.45, 7) is 2.45. The first kappa shape index (κ1) is 13.4. The maximum atomic E-state index is 13.2. The van der Waals surface area contributed by atoms with E-state index in [1.54, 1.807) is 7.05 Å². The number of halogens is 2. The fraction of sp³-hybridized carbons (Fsp3) is 0.455. The van der Waals surface area contributed by atoms with Crippen molar-refractivity contribution >= 4 is 12.4 Å². The lowest BCUT2D eigenvalue weighted by Crippen LogP contribution is -2.21. The van der Waals surface area contributed by atoms with Gasteiger partial charge in [0.15, 0.2) is 0 Å². The summed E-state index contributed by atoms with van der Waals surface area (Å²) in [4.78, 5) is 0. The summed E-state index contributed by atoms with van der Waals surface area (Å²) < 4.78 is 13.2. The second-order valence-electron chi connectivity index (χ2n) is 3.35. The molecule has 1 rings (SSSR count). The van der Waals surface area contributed by atoms with Crippen LogP contribution < -0.4 is 5.32 Å². The van der Waals surface area contributed by atoms with Crippen molar-refractivity contribution in [2.24, 2.45) is 0 Å². The average molecular weight is 218 g/mol. The lowest BCUT2D eigenvalue weighted by atomic mass is 10.1. The van der Waals surface area contributed by atoms with Crippen molar-refractivity contribution in [2.75, 3.05) is 13.6 Å². The molecule has 0 aliphatic heterocycles. The molecule has 1 aromatic rings. The zero-order valence-corrected chi connectivity index (χ0v) is 9.40. The van der Waals surface area contributed by atoms with E-state index < -0.39 is 6.17 Å². The van der Waals surface area contributed by atoms with E-state index in [1.807, 2.05) is 31.2 Å². The van der Waals surface area contributed by atoms with Crippen molar-refractivity contribution in [3.05, 3.63) is 35.4 Å². The molecule has 0 bridgehead atoms. The fourth-order valence-corrected chi connectivity index (χ4v) is 1.39. The molecule has 0 aliphatic rings. The molecule has 80 valence electrons. The Balaban J connectivity index is 0.00000169. The summed E-state index contributed by atoms with van der Waals surface area (Å²) in [5.74, 6) is 0. The molecule has 0 amide bonds. The van der Waals surface area contributed by atoms with Crippen LogP contribution in [-0.2, 0) is 6.42 Å². The quantitative estimate of drug-likeness (QED) is 0.818. The summed E-state index contributed by atoms with van der Waals surface area (Å²) in [6, 6.07) is 7.99. The summed E-state index contributed by atoms with van der Waals surface area (Å²) in [5, 5.41) is 2.83. The largest absolute Gasteiger partial charge is 0.317 e. The van der Waals surface area contributed by atoms with Crippen LogP contribution in [0.2, 0.25) is 0 Å². The molecular formula is C11H17ClFN. The predicted molar refractivity (Wildman–Crippen MR) is 61.0 cm³/mol. The third kappa shape index (κ3) is 4.58. The maximum Gasteiger partial charge on any atom is 0.116 e. The zero-order valence-electron chi connectivity index (χ0n) is 8.59. The monoisotopic (exact) mass is 217 g/mol. The van der Waals surface area contributed by atoms with Crippen LogP contribution in [0.5, 0.6) is 0 Å². The van der Waals surface area contributed by atoms with Crippen LogP contribution in [0.3, 0.4) is 0 Å². The van der Waals surface area contributed by atoms with Gasteiger partial charge >= 0.3 is 0 Å². The molecule has 1 N–H and O–H groups in total. The van der Waals surface area contributed by atoms with Gasteiger partial charge in [-0.2, -0.15) is 0 Å². The van der Waals surface area contributed by atoms with Crippen molar-refractivity contribution in [3.63, 3.8) is 0 Å². The Morgan fingerprint density at radius 2 is 2.14 bits per heavy atom. The number of rotatable bonds is 4. The molecule has 0 heterocycles. The number of benzene rings is 1. The SMILES string of the molecule is CNCC(F)Cc1cccc(C)c1.Cl. The van der Waals surface area contributed by atoms with Crippen molar-refractivity contribution < 1.29 is 4.39 Å². The van der Waals surface area contributed by atoms with Gasteiger partial charge in [0.25, 0.3) is 0 Å². The van der Waals surface area contributed by atoms with Crippen LogP contribution in [0.1, 0.15) is 11.1 Å². The summed E-state index contributed by atoms with van der Waals surface area (Å²) in [5.41, 5.74) is 2.26. The minimum Gasteiger partial charge on any atom is -0.317 e.